The molecule has 2 aromatic rings. The van der Waals surface area contributed by atoms with Crippen molar-refractivity contribution >= 4 is 5.69 Å². The quantitative estimate of drug-likeness (QED) is 0.627. The molecule has 0 aliphatic heterocycles. The Morgan fingerprint density at radius 3 is 2.92 bits per heavy atom. The average molecular weight is 175 g/mol. The summed E-state index contributed by atoms with van der Waals surface area (Å²) in [6, 6.07) is 5.71. The van der Waals surface area contributed by atoms with Crippen molar-refractivity contribution in [2.24, 2.45) is 0 Å². The van der Waals surface area contributed by atoms with Gasteiger partial charge in [0, 0.05) is 11.3 Å². The second kappa shape index (κ2) is 2.85. The third kappa shape index (κ3) is 1.35. The summed E-state index contributed by atoms with van der Waals surface area (Å²) in [6.45, 7) is 1.99. The van der Waals surface area contributed by atoms with Crippen LogP contribution < -0.4 is 5.73 Å². The number of nitrogens with zero attached hydrogens (tertiary/aromatic N) is 3. The number of aryl methyl sites for hydroxylation is 1. The number of benzene rings is 1. The van der Waals surface area contributed by atoms with Crippen LogP contribution in [0.3, 0.4) is 0 Å². The van der Waals surface area contributed by atoms with Crippen molar-refractivity contribution in [3.05, 3.63) is 23.8 Å². The van der Waals surface area contributed by atoms with Gasteiger partial charge in [0.25, 0.3) is 0 Å². The molecule has 2 rings (SSSR count). The first-order chi connectivity index (χ1) is 6.27. The molecule has 0 fully saturated rings. The Balaban J connectivity index is 2.57. The van der Waals surface area contributed by atoms with Gasteiger partial charge in [0.1, 0.15) is 0 Å². The maximum Gasteiger partial charge on any atom is 0.206 e. The molecular formula is C8H9N5. The molecule has 5 heteroatoms. The van der Waals surface area contributed by atoms with Gasteiger partial charge < -0.3 is 5.73 Å². The van der Waals surface area contributed by atoms with Crippen LogP contribution in [0, 0.1) is 6.92 Å². The van der Waals surface area contributed by atoms with Crippen molar-refractivity contribution in [3.63, 3.8) is 0 Å². The highest BCUT2D eigenvalue weighted by Crippen LogP contribution is 2.22. The molecule has 5 nitrogen and oxygen atoms in total. The molecule has 0 saturated heterocycles. The number of nitrogens with two attached hydrogens (primary N) is 1. The van der Waals surface area contributed by atoms with E-state index >= 15 is 0 Å². The van der Waals surface area contributed by atoms with Gasteiger partial charge in [-0.05, 0) is 24.3 Å². The zero-order valence-corrected chi connectivity index (χ0v) is 7.15. The van der Waals surface area contributed by atoms with Crippen LogP contribution in [0.4, 0.5) is 5.69 Å². The number of anilines is 1. The summed E-state index contributed by atoms with van der Waals surface area (Å²) in [6.07, 6.45) is 0. The lowest BCUT2D eigenvalue weighted by molar-refractivity contribution is 0.881. The number of aromatic nitrogens is 4. The highest BCUT2D eigenvalue weighted by Gasteiger charge is 2.06. The minimum absolute atomic E-state index is 0.529. The van der Waals surface area contributed by atoms with Gasteiger partial charge in [-0.2, -0.15) is 5.21 Å². The summed E-state index contributed by atoms with van der Waals surface area (Å²) in [4.78, 5) is 0. The fourth-order valence-corrected chi connectivity index (χ4v) is 1.14. The molecule has 0 unspecified atom stereocenters. The Hall–Kier alpha value is -1.91. The van der Waals surface area contributed by atoms with Gasteiger partial charge in [-0.25, -0.2) is 0 Å². The number of aromatic amines is 1. The van der Waals surface area contributed by atoms with Crippen LogP contribution in [0.15, 0.2) is 18.2 Å². The summed E-state index contributed by atoms with van der Waals surface area (Å²) < 4.78 is 0. The van der Waals surface area contributed by atoms with Gasteiger partial charge in [0.05, 0.1) is 0 Å². The molecule has 0 saturated carbocycles. The number of tetrazole rings is 1. The second-order valence-electron chi connectivity index (χ2n) is 2.83. The normalized spacial score (nSPS) is 10.2. The third-order valence-corrected chi connectivity index (χ3v) is 1.80. The summed E-state index contributed by atoms with van der Waals surface area (Å²) in [5.41, 5.74) is 8.35. The van der Waals surface area contributed by atoms with Crippen molar-refractivity contribution in [1.82, 2.24) is 20.6 Å². The van der Waals surface area contributed by atoms with E-state index in [4.69, 9.17) is 5.73 Å². The van der Waals surface area contributed by atoms with Crippen LogP contribution in [0.1, 0.15) is 5.56 Å². The Bertz CT molecular complexity index is 406. The van der Waals surface area contributed by atoms with E-state index in [0.29, 0.717) is 11.5 Å². The van der Waals surface area contributed by atoms with Crippen molar-refractivity contribution in [2.75, 3.05) is 5.73 Å². The molecule has 0 atom stereocenters. The average Bonchev–Trinajstić information content (AvgIpc) is 2.61. The lowest BCUT2D eigenvalue weighted by atomic mass is 10.1. The molecule has 0 amide bonds. The van der Waals surface area contributed by atoms with Crippen LogP contribution in [-0.2, 0) is 0 Å². The topological polar surface area (TPSA) is 80.5 Å². The first kappa shape index (κ1) is 7.72. The van der Waals surface area contributed by atoms with Crippen LogP contribution in [0.5, 0.6) is 0 Å². The molecule has 1 aromatic heterocycles. The summed E-state index contributed by atoms with van der Waals surface area (Å²) in [5, 5.41) is 13.6. The lowest BCUT2D eigenvalue weighted by Gasteiger charge is -2.01. The zero-order chi connectivity index (χ0) is 9.26. The van der Waals surface area contributed by atoms with Crippen molar-refractivity contribution in [2.45, 2.75) is 6.92 Å². The number of hydrogen-bond acceptors (Lipinski definition) is 4. The Morgan fingerprint density at radius 1 is 1.38 bits per heavy atom. The number of hydrogen-bond donors (Lipinski definition) is 2. The first-order valence-corrected chi connectivity index (χ1v) is 3.87. The smallest absolute Gasteiger partial charge is 0.206 e. The van der Waals surface area contributed by atoms with Gasteiger partial charge >= 0.3 is 0 Å². The van der Waals surface area contributed by atoms with Crippen molar-refractivity contribution < 1.29 is 0 Å². The van der Waals surface area contributed by atoms with E-state index in [0.717, 1.165) is 11.1 Å². The zero-order valence-electron chi connectivity index (χ0n) is 7.15. The number of nitrogen functional groups attached to an aromatic ring is 1. The fraction of sp³-hybridized carbons (Fsp3) is 0.125. The van der Waals surface area contributed by atoms with Crippen LogP contribution in [0.25, 0.3) is 11.4 Å². The molecule has 0 aliphatic carbocycles. The van der Waals surface area contributed by atoms with Gasteiger partial charge in [-0.1, -0.05) is 11.6 Å². The fourth-order valence-electron chi connectivity index (χ4n) is 1.14. The SMILES string of the molecule is Cc1ccc(N)c(-c2nn[nH]n2)c1. The predicted molar refractivity (Wildman–Crippen MR) is 48.8 cm³/mol. The van der Waals surface area contributed by atoms with Crippen LogP contribution in [0.2, 0.25) is 0 Å². The lowest BCUT2D eigenvalue weighted by Crippen LogP contribution is -1.92. The van der Waals surface area contributed by atoms with Gasteiger partial charge in [0.15, 0.2) is 0 Å². The van der Waals surface area contributed by atoms with E-state index in [1.807, 2.05) is 25.1 Å². The van der Waals surface area contributed by atoms with E-state index in [1.54, 1.807) is 0 Å². The first-order valence-electron chi connectivity index (χ1n) is 3.87. The van der Waals surface area contributed by atoms with E-state index in [1.165, 1.54) is 0 Å². The summed E-state index contributed by atoms with van der Waals surface area (Å²) in [5.74, 6) is 0.529. The Kier molecular flexibility index (Phi) is 1.70. The standard InChI is InChI=1S/C8H9N5/c1-5-2-3-7(9)6(4-5)8-10-12-13-11-8/h2-4H,9H2,1H3,(H,10,11,12,13). The molecule has 0 bridgehead atoms. The van der Waals surface area contributed by atoms with Gasteiger partial charge in [-0.3, -0.25) is 0 Å². The van der Waals surface area contributed by atoms with E-state index in [2.05, 4.69) is 20.6 Å². The highest BCUT2D eigenvalue weighted by atomic mass is 15.5. The third-order valence-electron chi connectivity index (χ3n) is 1.80. The minimum atomic E-state index is 0.529. The monoisotopic (exact) mass is 175 g/mol. The van der Waals surface area contributed by atoms with Gasteiger partial charge in [-0.15, -0.1) is 10.2 Å². The van der Waals surface area contributed by atoms with E-state index < -0.39 is 0 Å². The molecule has 13 heavy (non-hydrogen) atoms. The second-order valence-corrected chi connectivity index (χ2v) is 2.83. The molecule has 0 aliphatic rings. The van der Waals surface area contributed by atoms with Crippen molar-refractivity contribution in [1.29, 1.82) is 0 Å². The number of nitrogens with one attached hydrogen (secondary N) is 1. The summed E-state index contributed by atoms with van der Waals surface area (Å²) in [7, 11) is 0. The van der Waals surface area contributed by atoms with Gasteiger partial charge in [0.2, 0.25) is 5.82 Å². The maximum atomic E-state index is 5.76. The highest BCUT2D eigenvalue weighted by molar-refractivity contribution is 5.71. The largest absolute Gasteiger partial charge is 0.398 e. The number of H-pyrrole nitrogens is 1. The molecule has 1 aromatic carbocycles. The summed E-state index contributed by atoms with van der Waals surface area (Å²) >= 11 is 0. The molecule has 0 radical (unpaired) electrons. The van der Waals surface area contributed by atoms with E-state index in [9.17, 15) is 0 Å². The predicted octanol–water partition coefficient (Wildman–Crippen LogP) is 0.757. The molecule has 0 spiro atoms. The minimum Gasteiger partial charge on any atom is -0.398 e. The molecule has 3 N–H and O–H groups in total. The van der Waals surface area contributed by atoms with E-state index in [-0.39, 0.29) is 0 Å². The molecule has 66 valence electrons. The maximum absolute atomic E-state index is 5.76. The van der Waals surface area contributed by atoms with Crippen molar-refractivity contribution in [3.8, 4) is 11.4 Å². The number of rotatable bonds is 1. The van der Waals surface area contributed by atoms with Crippen LogP contribution in [-0.4, -0.2) is 20.6 Å². The molecule has 1 heterocycles. The Morgan fingerprint density at radius 2 is 2.23 bits per heavy atom. The van der Waals surface area contributed by atoms with Crippen LogP contribution >= 0.6 is 0 Å². The molecular weight excluding hydrogens is 166 g/mol. The Labute approximate surface area is 75.0 Å².